The van der Waals surface area contributed by atoms with Crippen molar-refractivity contribution in [1.82, 2.24) is 19.7 Å². The Kier molecular flexibility index (Phi) is 3.68. The molecule has 0 radical (unpaired) electrons. The summed E-state index contributed by atoms with van der Waals surface area (Å²) < 4.78 is 6.59. The molecule has 3 heterocycles. The molecule has 2 aromatic heterocycles. The molecule has 7 nitrogen and oxygen atoms in total. The zero-order chi connectivity index (χ0) is 16.5. The molecule has 1 atom stereocenters. The quantitative estimate of drug-likeness (QED) is 0.794. The summed E-state index contributed by atoms with van der Waals surface area (Å²) in [7, 11) is 0. The van der Waals surface area contributed by atoms with Gasteiger partial charge in [-0.15, -0.1) is 0 Å². The van der Waals surface area contributed by atoms with E-state index in [1.54, 1.807) is 24.4 Å². The molecule has 3 aromatic rings. The molecule has 1 saturated heterocycles. The number of hydrogen-bond acceptors (Lipinski definition) is 4. The normalized spacial score (nSPS) is 18.2. The van der Waals surface area contributed by atoms with Crippen molar-refractivity contribution in [3.8, 4) is 0 Å². The van der Waals surface area contributed by atoms with Gasteiger partial charge in [0.15, 0.2) is 5.58 Å². The van der Waals surface area contributed by atoms with Crippen LogP contribution < -0.4 is 5.76 Å². The zero-order valence-corrected chi connectivity index (χ0v) is 13.1. The van der Waals surface area contributed by atoms with Crippen molar-refractivity contribution in [1.29, 1.82) is 0 Å². The molecule has 0 aliphatic carbocycles. The number of rotatable bonds is 3. The van der Waals surface area contributed by atoms with Gasteiger partial charge in [-0.2, -0.15) is 5.10 Å². The monoisotopic (exact) mass is 326 g/mol. The molecule has 0 spiro atoms. The predicted octanol–water partition coefficient (Wildman–Crippen LogP) is 1.72. The fraction of sp³-hybridized carbons (Fsp3) is 0.353. The van der Waals surface area contributed by atoms with Crippen LogP contribution in [0.5, 0.6) is 0 Å². The Hall–Kier alpha value is -2.83. The minimum atomic E-state index is -0.494. The van der Waals surface area contributed by atoms with Gasteiger partial charge in [-0.1, -0.05) is 12.1 Å². The molecule has 7 heteroatoms. The molecule has 1 amide bonds. The number of oxazole rings is 1. The van der Waals surface area contributed by atoms with E-state index in [0.29, 0.717) is 24.2 Å². The van der Waals surface area contributed by atoms with Crippen molar-refractivity contribution in [3.05, 3.63) is 52.8 Å². The van der Waals surface area contributed by atoms with Gasteiger partial charge in [-0.05, 0) is 31.0 Å². The maximum Gasteiger partial charge on any atom is 0.420 e. The maximum atomic E-state index is 12.7. The van der Waals surface area contributed by atoms with Crippen LogP contribution in [0.3, 0.4) is 0 Å². The molecule has 1 N–H and O–H groups in total. The molecular formula is C17H18N4O3. The van der Waals surface area contributed by atoms with Gasteiger partial charge >= 0.3 is 5.76 Å². The largest absolute Gasteiger partial charge is 0.420 e. The highest BCUT2D eigenvalue weighted by molar-refractivity contribution is 5.79. The number of aromatic nitrogens is 3. The molecule has 0 bridgehead atoms. The van der Waals surface area contributed by atoms with Crippen LogP contribution in [0.25, 0.3) is 11.1 Å². The van der Waals surface area contributed by atoms with Gasteiger partial charge in [0, 0.05) is 30.9 Å². The molecule has 24 heavy (non-hydrogen) atoms. The van der Waals surface area contributed by atoms with Crippen molar-refractivity contribution >= 4 is 17.0 Å². The minimum absolute atomic E-state index is 0.00550. The van der Waals surface area contributed by atoms with E-state index in [2.05, 4.69) is 10.2 Å². The van der Waals surface area contributed by atoms with Crippen LogP contribution in [0.2, 0.25) is 0 Å². The third-order valence-electron chi connectivity index (χ3n) is 4.60. The molecule has 1 fully saturated rings. The zero-order valence-electron chi connectivity index (χ0n) is 13.1. The van der Waals surface area contributed by atoms with E-state index < -0.39 is 5.76 Å². The summed E-state index contributed by atoms with van der Waals surface area (Å²) in [5, 5.41) is 6.97. The topological polar surface area (TPSA) is 84.1 Å². The van der Waals surface area contributed by atoms with E-state index in [1.807, 2.05) is 17.0 Å². The van der Waals surface area contributed by atoms with E-state index in [-0.39, 0.29) is 18.4 Å². The second-order valence-corrected chi connectivity index (χ2v) is 6.11. The lowest BCUT2D eigenvalue weighted by Crippen LogP contribution is -2.41. The standard InChI is InChI=1S/C17H18N4O3/c22-16(11-21-14-5-1-2-6-15(14)24-17(21)23)20-9-3-4-12(10-20)13-7-8-18-19-13/h1-2,5-8,12H,3-4,9-11H2,(H,18,19). The highest BCUT2D eigenvalue weighted by atomic mass is 16.4. The van der Waals surface area contributed by atoms with Crippen LogP contribution in [0.1, 0.15) is 24.5 Å². The van der Waals surface area contributed by atoms with Gasteiger partial charge in [0.2, 0.25) is 5.91 Å². The number of hydrogen-bond donors (Lipinski definition) is 1. The summed E-state index contributed by atoms with van der Waals surface area (Å²) in [5.74, 6) is -0.289. The number of nitrogens with one attached hydrogen (secondary N) is 1. The molecule has 124 valence electrons. The number of H-pyrrole nitrogens is 1. The van der Waals surface area contributed by atoms with Crippen LogP contribution in [0.15, 0.2) is 45.7 Å². The highest BCUT2D eigenvalue weighted by Crippen LogP contribution is 2.25. The average molecular weight is 326 g/mol. The Balaban J connectivity index is 1.53. The SMILES string of the molecule is O=C(Cn1c(=O)oc2ccccc21)N1CCCC(c2ccn[nH]2)C1. The van der Waals surface area contributed by atoms with Gasteiger partial charge in [-0.25, -0.2) is 4.79 Å². The summed E-state index contributed by atoms with van der Waals surface area (Å²) in [6, 6.07) is 9.10. The lowest BCUT2D eigenvalue weighted by molar-refractivity contribution is -0.133. The summed E-state index contributed by atoms with van der Waals surface area (Å²) in [6.45, 7) is 1.37. The van der Waals surface area contributed by atoms with E-state index in [4.69, 9.17) is 4.42 Å². The Morgan fingerprint density at radius 2 is 2.21 bits per heavy atom. The Bertz CT molecular complexity index is 909. The number of aromatic amines is 1. The van der Waals surface area contributed by atoms with Crippen molar-refractivity contribution < 1.29 is 9.21 Å². The smallest absolute Gasteiger partial charge is 0.408 e. The second-order valence-electron chi connectivity index (χ2n) is 6.11. The van der Waals surface area contributed by atoms with Gasteiger partial charge in [0.05, 0.1) is 5.52 Å². The van der Waals surface area contributed by atoms with Crippen molar-refractivity contribution in [2.75, 3.05) is 13.1 Å². The van der Waals surface area contributed by atoms with Crippen LogP contribution in [-0.4, -0.2) is 38.7 Å². The fourth-order valence-corrected chi connectivity index (χ4v) is 3.35. The number of para-hydroxylation sites is 2. The van der Waals surface area contributed by atoms with E-state index >= 15 is 0 Å². The Morgan fingerprint density at radius 1 is 1.33 bits per heavy atom. The van der Waals surface area contributed by atoms with E-state index in [9.17, 15) is 9.59 Å². The van der Waals surface area contributed by atoms with Crippen LogP contribution in [0.4, 0.5) is 0 Å². The number of fused-ring (bicyclic) bond motifs is 1. The maximum absolute atomic E-state index is 12.7. The highest BCUT2D eigenvalue weighted by Gasteiger charge is 2.26. The van der Waals surface area contributed by atoms with Crippen LogP contribution in [0, 0.1) is 0 Å². The Labute approximate surface area is 137 Å². The molecule has 1 aromatic carbocycles. The number of nitrogens with zero attached hydrogens (tertiary/aromatic N) is 3. The minimum Gasteiger partial charge on any atom is -0.408 e. The molecule has 1 aliphatic rings. The first-order valence-electron chi connectivity index (χ1n) is 8.08. The fourth-order valence-electron chi connectivity index (χ4n) is 3.35. The summed E-state index contributed by atoms with van der Waals surface area (Å²) in [4.78, 5) is 26.5. The third-order valence-corrected chi connectivity index (χ3v) is 4.60. The lowest BCUT2D eigenvalue weighted by atomic mass is 9.95. The number of amides is 1. The first-order valence-corrected chi connectivity index (χ1v) is 8.08. The van der Waals surface area contributed by atoms with Gasteiger partial charge in [-0.3, -0.25) is 14.5 Å². The average Bonchev–Trinajstić information content (AvgIpc) is 3.24. The predicted molar refractivity (Wildman–Crippen MR) is 87.6 cm³/mol. The number of carbonyl (C=O) groups excluding carboxylic acids is 1. The van der Waals surface area contributed by atoms with E-state index in [1.165, 1.54) is 4.57 Å². The third kappa shape index (κ3) is 2.62. The number of likely N-dealkylation sites (tertiary alicyclic amines) is 1. The summed E-state index contributed by atoms with van der Waals surface area (Å²) >= 11 is 0. The number of piperidine rings is 1. The molecule has 1 unspecified atom stereocenters. The van der Waals surface area contributed by atoms with Crippen molar-refractivity contribution in [2.45, 2.75) is 25.3 Å². The van der Waals surface area contributed by atoms with Gasteiger partial charge in [0.25, 0.3) is 0 Å². The molecule has 4 rings (SSSR count). The lowest BCUT2D eigenvalue weighted by Gasteiger charge is -2.32. The van der Waals surface area contributed by atoms with Crippen LogP contribution in [-0.2, 0) is 11.3 Å². The second kappa shape index (κ2) is 5.99. The number of benzene rings is 1. The summed E-state index contributed by atoms with van der Waals surface area (Å²) in [6.07, 6.45) is 3.70. The van der Waals surface area contributed by atoms with Crippen LogP contribution >= 0.6 is 0 Å². The van der Waals surface area contributed by atoms with E-state index in [0.717, 1.165) is 18.5 Å². The Morgan fingerprint density at radius 3 is 3.04 bits per heavy atom. The first kappa shape index (κ1) is 14.7. The summed E-state index contributed by atoms with van der Waals surface area (Å²) in [5.41, 5.74) is 2.21. The van der Waals surface area contributed by atoms with Crippen molar-refractivity contribution in [2.24, 2.45) is 0 Å². The number of carbonyl (C=O) groups is 1. The van der Waals surface area contributed by atoms with Crippen molar-refractivity contribution in [3.63, 3.8) is 0 Å². The van der Waals surface area contributed by atoms with Gasteiger partial charge < -0.3 is 9.32 Å². The molecule has 0 saturated carbocycles. The molecule has 1 aliphatic heterocycles. The van der Waals surface area contributed by atoms with Gasteiger partial charge in [0.1, 0.15) is 6.54 Å². The molecular weight excluding hydrogens is 308 g/mol. The first-order chi connectivity index (χ1) is 11.7.